The zero-order valence-corrected chi connectivity index (χ0v) is 8.66. The summed E-state index contributed by atoms with van der Waals surface area (Å²) < 4.78 is 5.19. The summed E-state index contributed by atoms with van der Waals surface area (Å²) in [7, 11) is 0. The van der Waals surface area contributed by atoms with Crippen molar-refractivity contribution in [2.75, 3.05) is 26.2 Å². The smallest absolute Gasteiger partial charge is 0.217 e. The van der Waals surface area contributed by atoms with Crippen LogP contribution in [0.5, 0.6) is 0 Å². The molecule has 2 heterocycles. The molecule has 2 rings (SSSR count). The summed E-state index contributed by atoms with van der Waals surface area (Å²) in [6.07, 6.45) is 2.64. The lowest BCUT2D eigenvalue weighted by Crippen LogP contribution is -2.44. The van der Waals surface area contributed by atoms with Crippen LogP contribution in [0.2, 0.25) is 0 Å². The summed E-state index contributed by atoms with van der Waals surface area (Å²) in [5.41, 5.74) is 0. The van der Waals surface area contributed by atoms with Crippen LogP contribution in [0.1, 0.15) is 19.8 Å². The zero-order valence-electron chi connectivity index (χ0n) is 8.66. The summed E-state index contributed by atoms with van der Waals surface area (Å²) in [4.78, 5) is 13.3. The molecule has 1 unspecified atom stereocenters. The second-order valence-corrected chi connectivity index (χ2v) is 4.23. The van der Waals surface area contributed by atoms with Crippen molar-refractivity contribution >= 4 is 5.91 Å². The number of hydrogen-bond donors (Lipinski definition) is 1. The van der Waals surface area contributed by atoms with E-state index < -0.39 is 0 Å². The molecule has 0 aliphatic carbocycles. The predicted octanol–water partition coefficient (Wildman–Crippen LogP) is -0.0143. The minimum absolute atomic E-state index is 0.0916. The third kappa shape index (κ3) is 2.96. The molecule has 80 valence electrons. The van der Waals surface area contributed by atoms with E-state index in [1.54, 1.807) is 6.92 Å². The van der Waals surface area contributed by atoms with Crippen molar-refractivity contribution in [1.29, 1.82) is 0 Å². The topological polar surface area (TPSA) is 44.9 Å². The van der Waals surface area contributed by atoms with Gasteiger partial charge < -0.3 is 15.0 Å². The molecule has 0 aromatic carbocycles. The van der Waals surface area contributed by atoms with Crippen LogP contribution in [-0.4, -0.2) is 49.2 Å². The average molecular weight is 198 g/mol. The molecule has 1 amide bonds. The van der Waals surface area contributed by atoms with Crippen molar-refractivity contribution < 1.29 is 9.53 Å². The van der Waals surface area contributed by atoms with Gasteiger partial charge in [-0.05, 0) is 12.8 Å². The number of nitrogens with zero attached hydrogens (tertiary/aromatic N) is 1. The molecular weight excluding hydrogens is 180 g/mol. The van der Waals surface area contributed by atoms with Gasteiger partial charge in [-0.1, -0.05) is 0 Å². The third-order valence-electron chi connectivity index (χ3n) is 2.86. The monoisotopic (exact) mass is 198 g/mol. The van der Waals surface area contributed by atoms with Crippen molar-refractivity contribution in [2.45, 2.75) is 31.9 Å². The van der Waals surface area contributed by atoms with Gasteiger partial charge in [-0.3, -0.25) is 4.79 Å². The second-order valence-electron chi connectivity index (χ2n) is 4.23. The molecule has 4 heteroatoms. The Morgan fingerprint density at radius 3 is 2.64 bits per heavy atom. The number of amides is 1. The Balaban J connectivity index is 1.66. The first kappa shape index (κ1) is 9.93. The largest absolute Gasteiger partial charge is 0.372 e. The number of hydrogen-bond acceptors (Lipinski definition) is 3. The van der Waals surface area contributed by atoms with Crippen LogP contribution < -0.4 is 5.32 Å². The Bertz CT molecular complexity index is 208. The maximum absolute atomic E-state index is 10.8. The fourth-order valence-electron chi connectivity index (χ4n) is 2.01. The standard InChI is InChI=1S/C10H18N2O2/c1-8(13)11-9-2-4-12(5-3-9)6-10-7-14-10/h9-10H,2-7H2,1H3,(H,11,13). The Morgan fingerprint density at radius 2 is 2.14 bits per heavy atom. The lowest BCUT2D eigenvalue weighted by Gasteiger charge is -2.31. The molecule has 0 bridgehead atoms. The molecule has 0 spiro atoms. The summed E-state index contributed by atoms with van der Waals surface area (Å²) >= 11 is 0. The SMILES string of the molecule is CC(=O)NC1CCN(CC2CO2)CC1. The first-order chi connectivity index (χ1) is 6.74. The van der Waals surface area contributed by atoms with E-state index in [0.717, 1.165) is 39.1 Å². The van der Waals surface area contributed by atoms with Gasteiger partial charge in [0.05, 0.1) is 12.7 Å². The van der Waals surface area contributed by atoms with Gasteiger partial charge in [-0.15, -0.1) is 0 Å². The number of piperidine rings is 1. The number of epoxide rings is 1. The molecule has 0 saturated carbocycles. The molecule has 0 radical (unpaired) electrons. The van der Waals surface area contributed by atoms with Gasteiger partial charge in [0, 0.05) is 32.6 Å². The van der Waals surface area contributed by atoms with E-state index in [1.165, 1.54) is 0 Å². The fourth-order valence-corrected chi connectivity index (χ4v) is 2.01. The van der Waals surface area contributed by atoms with E-state index in [9.17, 15) is 4.79 Å². The highest BCUT2D eigenvalue weighted by Gasteiger charge is 2.27. The van der Waals surface area contributed by atoms with Crippen LogP contribution in [0.15, 0.2) is 0 Å². The van der Waals surface area contributed by atoms with E-state index >= 15 is 0 Å². The third-order valence-corrected chi connectivity index (χ3v) is 2.86. The van der Waals surface area contributed by atoms with Crippen LogP contribution in [0.3, 0.4) is 0 Å². The van der Waals surface area contributed by atoms with E-state index in [-0.39, 0.29) is 5.91 Å². The van der Waals surface area contributed by atoms with Gasteiger partial charge >= 0.3 is 0 Å². The maximum Gasteiger partial charge on any atom is 0.217 e. The summed E-state index contributed by atoms with van der Waals surface area (Å²) in [5, 5.41) is 2.97. The number of ether oxygens (including phenoxy) is 1. The lowest BCUT2D eigenvalue weighted by atomic mass is 10.0. The highest BCUT2D eigenvalue weighted by atomic mass is 16.6. The number of nitrogens with one attached hydrogen (secondary N) is 1. The van der Waals surface area contributed by atoms with Gasteiger partial charge in [-0.25, -0.2) is 0 Å². The molecule has 2 saturated heterocycles. The van der Waals surface area contributed by atoms with E-state index in [1.807, 2.05) is 0 Å². The molecule has 1 atom stereocenters. The highest BCUT2D eigenvalue weighted by Crippen LogP contribution is 2.15. The number of rotatable bonds is 3. The normalized spacial score (nSPS) is 28.8. The van der Waals surface area contributed by atoms with E-state index in [4.69, 9.17) is 4.74 Å². The predicted molar refractivity (Wildman–Crippen MR) is 53.0 cm³/mol. The van der Waals surface area contributed by atoms with Crippen LogP contribution in [0.25, 0.3) is 0 Å². The highest BCUT2D eigenvalue weighted by molar-refractivity contribution is 5.73. The molecular formula is C10H18N2O2. The van der Waals surface area contributed by atoms with Gasteiger partial charge in [0.25, 0.3) is 0 Å². The van der Waals surface area contributed by atoms with Crippen LogP contribution in [0, 0.1) is 0 Å². The van der Waals surface area contributed by atoms with Gasteiger partial charge in [0.2, 0.25) is 5.91 Å². The minimum Gasteiger partial charge on any atom is -0.372 e. The minimum atomic E-state index is 0.0916. The average Bonchev–Trinajstić information content (AvgIpc) is 2.91. The Labute approximate surface area is 84.6 Å². The molecule has 14 heavy (non-hydrogen) atoms. The van der Waals surface area contributed by atoms with E-state index in [0.29, 0.717) is 12.1 Å². The molecule has 4 nitrogen and oxygen atoms in total. The van der Waals surface area contributed by atoms with Gasteiger partial charge in [0.1, 0.15) is 0 Å². The summed E-state index contributed by atoms with van der Waals surface area (Å²) in [6.45, 7) is 5.78. The molecule has 1 N–H and O–H groups in total. The summed E-state index contributed by atoms with van der Waals surface area (Å²) in [6, 6.07) is 0.392. The molecule has 2 fully saturated rings. The van der Waals surface area contributed by atoms with Crippen molar-refractivity contribution in [1.82, 2.24) is 10.2 Å². The van der Waals surface area contributed by atoms with Gasteiger partial charge in [0.15, 0.2) is 0 Å². The Morgan fingerprint density at radius 1 is 1.50 bits per heavy atom. The van der Waals surface area contributed by atoms with Crippen LogP contribution in [0.4, 0.5) is 0 Å². The van der Waals surface area contributed by atoms with Crippen molar-refractivity contribution in [2.24, 2.45) is 0 Å². The molecule has 0 aromatic heterocycles. The van der Waals surface area contributed by atoms with Crippen LogP contribution >= 0.6 is 0 Å². The molecule has 2 aliphatic rings. The van der Waals surface area contributed by atoms with Crippen molar-refractivity contribution in [3.05, 3.63) is 0 Å². The number of likely N-dealkylation sites (tertiary alicyclic amines) is 1. The maximum atomic E-state index is 10.8. The first-order valence-electron chi connectivity index (χ1n) is 5.35. The van der Waals surface area contributed by atoms with E-state index in [2.05, 4.69) is 10.2 Å². The quantitative estimate of drug-likeness (QED) is 0.648. The molecule has 2 aliphatic heterocycles. The Hall–Kier alpha value is -0.610. The lowest BCUT2D eigenvalue weighted by molar-refractivity contribution is -0.119. The molecule has 0 aromatic rings. The van der Waals surface area contributed by atoms with Crippen molar-refractivity contribution in [3.8, 4) is 0 Å². The number of carbonyl (C=O) groups is 1. The number of carbonyl (C=O) groups excluding carboxylic acids is 1. The summed E-state index contributed by atoms with van der Waals surface area (Å²) in [5.74, 6) is 0.0916. The second kappa shape index (κ2) is 4.28. The first-order valence-corrected chi connectivity index (χ1v) is 5.35. The van der Waals surface area contributed by atoms with Crippen LogP contribution in [-0.2, 0) is 9.53 Å². The van der Waals surface area contributed by atoms with Gasteiger partial charge in [-0.2, -0.15) is 0 Å². The van der Waals surface area contributed by atoms with Crippen molar-refractivity contribution in [3.63, 3.8) is 0 Å². The fraction of sp³-hybridized carbons (Fsp3) is 0.900. The Kier molecular flexibility index (Phi) is 3.03. The zero-order chi connectivity index (χ0) is 9.97.